The number of amides is 5. The average Bonchev–Trinajstić information content (AvgIpc) is 2.95. The number of benzene rings is 2. The minimum Gasteiger partial charge on any atom is -0.445 e. The van der Waals surface area contributed by atoms with Gasteiger partial charge in [-0.1, -0.05) is 42.5 Å². The predicted molar refractivity (Wildman–Crippen MR) is 165 cm³/mol. The van der Waals surface area contributed by atoms with Gasteiger partial charge < -0.3 is 42.2 Å². The number of hydrogen-bond donors (Lipinski definition) is 6. The number of rotatable bonds is 15. The molecule has 0 bridgehead atoms. The Labute approximate surface area is 257 Å². The van der Waals surface area contributed by atoms with Crippen molar-refractivity contribution in [3.05, 3.63) is 65.7 Å². The Kier molecular flexibility index (Phi) is 14.1. The topological polar surface area (TPSA) is 204 Å². The van der Waals surface area contributed by atoms with Crippen LogP contribution < -0.4 is 32.7 Å². The highest BCUT2D eigenvalue weighted by Crippen LogP contribution is 2.13. The zero-order chi connectivity index (χ0) is 32.7. The third kappa shape index (κ3) is 14.0. The standard InChI is InChI=1S/C31H44N6O7/c1-20(32)26(38)37-25(18-21-10-6-5-7-11-21)28(40)36-24(12-8-9-17-34-30(42)44-31(2,3)4)27(39)35-23-15-13-22(14-16-23)19-43-29(33)41/h5-7,10-11,13-16,20,24-25H,8-9,12,17-19,32H2,1-4H3,(H2,33,41)(H,34,42)(H,35,39)(H,36,40)(H,37,38)/t20-,24+,25+/m1/s1. The Hall–Kier alpha value is -4.65. The van der Waals surface area contributed by atoms with Gasteiger partial charge in [-0.25, -0.2) is 9.59 Å². The Morgan fingerprint density at radius 1 is 0.818 bits per heavy atom. The molecule has 240 valence electrons. The van der Waals surface area contributed by atoms with E-state index in [4.69, 9.17) is 20.9 Å². The maximum Gasteiger partial charge on any atom is 0.407 e. The molecule has 0 aliphatic rings. The summed E-state index contributed by atoms with van der Waals surface area (Å²) in [7, 11) is 0. The van der Waals surface area contributed by atoms with Crippen LogP contribution in [0, 0.1) is 0 Å². The van der Waals surface area contributed by atoms with E-state index in [9.17, 15) is 24.0 Å². The van der Waals surface area contributed by atoms with Gasteiger partial charge in [-0.15, -0.1) is 0 Å². The van der Waals surface area contributed by atoms with Crippen LogP contribution in [-0.2, 0) is 36.9 Å². The van der Waals surface area contributed by atoms with E-state index in [0.29, 0.717) is 30.6 Å². The van der Waals surface area contributed by atoms with E-state index in [2.05, 4.69) is 21.3 Å². The van der Waals surface area contributed by atoms with Crippen LogP contribution in [0.2, 0.25) is 0 Å². The summed E-state index contributed by atoms with van der Waals surface area (Å²) < 4.78 is 10.0. The second-order valence-electron chi connectivity index (χ2n) is 11.3. The number of carbonyl (C=O) groups excluding carboxylic acids is 5. The number of nitrogens with two attached hydrogens (primary N) is 2. The third-order valence-corrected chi connectivity index (χ3v) is 6.15. The van der Waals surface area contributed by atoms with E-state index in [1.54, 1.807) is 45.0 Å². The molecule has 8 N–H and O–H groups in total. The molecule has 0 spiro atoms. The highest BCUT2D eigenvalue weighted by atomic mass is 16.6. The van der Waals surface area contributed by atoms with Crippen molar-refractivity contribution in [3.63, 3.8) is 0 Å². The van der Waals surface area contributed by atoms with Crippen molar-refractivity contribution < 1.29 is 33.4 Å². The van der Waals surface area contributed by atoms with Crippen molar-refractivity contribution in [2.45, 2.75) is 83.7 Å². The van der Waals surface area contributed by atoms with E-state index >= 15 is 0 Å². The molecule has 0 unspecified atom stereocenters. The first-order valence-electron chi connectivity index (χ1n) is 14.4. The molecule has 0 aliphatic carbocycles. The lowest BCUT2D eigenvalue weighted by molar-refractivity contribution is -0.131. The molecule has 0 fully saturated rings. The van der Waals surface area contributed by atoms with Crippen molar-refractivity contribution in [3.8, 4) is 0 Å². The predicted octanol–water partition coefficient (Wildman–Crippen LogP) is 2.47. The monoisotopic (exact) mass is 612 g/mol. The van der Waals surface area contributed by atoms with Gasteiger partial charge in [0, 0.05) is 18.7 Å². The van der Waals surface area contributed by atoms with Crippen LogP contribution in [0.25, 0.3) is 0 Å². The van der Waals surface area contributed by atoms with Crippen molar-refractivity contribution in [1.82, 2.24) is 16.0 Å². The lowest BCUT2D eigenvalue weighted by atomic mass is 10.0. The first-order chi connectivity index (χ1) is 20.7. The highest BCUT2D eigenvalue weighted by Gasteiger charge is 2.28. The Bertz CT molecular complexity index is 1250. The summed E-state index contributed by atoms with van der Waals surface area (Å²) in [6, 6.07) is 12.9. The maximum absolute atomic E-state index is 13.5. The third-order valence-electron chi connectivity index (χ3n) is 6.15. The van der Waals surface area contributed by atoms with Gasteiger partial charge in [0.25, 0.3) is 0 Å². The maximum atomic E-state index is 13.5. The zero-order valence-electron chi connectivity index (χ0n) is 25.7. The minimum absolute atomic E-state index is 0.0183. The molecule has 3 atom stereocenters. The van der Waals surface area contributed by atoms with E-state index in [1.165, 1.54) is 6.92 Å². The molecular formula is C31H44N6O7. The van der Waals surface area contributed by atoms with Gasteiger partial charge in [0.05, 0.1) is 6.04 Å². The summed E-state index contributed by atoms with van der Waals surface area (Å²) in [5, 5.41) is 10.9. The molecule has 0 saturated heterocycles. The fraction of sp³-hybridized carbons (Fsp3) is 0.452. The van der Waals surface area contributed by atoms with Gasteiger partial charge in [0.15, 0.2) is 0 Å². The zero-order valence-corrected chi connectivity index (χ0v) is 25.7. The van der Waals surface area contributed by atoms with Crippen LogP contribution in [0.4, 0.5) is 15.3 Å². The van der Waals surface area contributed by atoms with Crippen LogP contribution >= 0.6 is 0 Å². The Balaban J connectivity index is 2.13. The molecule has 2 aromatic rings. The van der Waals surface area contributed by atoms with E-state index in [-0.39, 0.29) is 19.4 Å². The molecular weight excluding hydrogens is 568 g/mol. The second-order valence-corrected chi connectivity index (χ2v) is 11.3. The number of ether oxygens (including phenoxy) is 2. The summed E-state index contributed by atoms with van der Waals surface area (Å²) in [5.74, 6) is -1.53. The molecule has 0 saturated carbocycles. The van der Waals surface area contributed by atoms with E-state index in [0.717, 1.165) is 5.56 Å². The van der Waals surface area contributed by atoms with Crippen LogP contribution in [0.15, 0.2) is 54.6 Å². The Morgan fingerprint density at radius 3 is 2.05 bits per heavy atom. The van der Waals surface area contributed by atoms with Crippen LogP contribution in [0.3, 0.4) is 0 Å². The molecule has 0 radical (unpaired) electrons. The summed E-state index contributed by atoms with van der Waals surface area (Å²) >= 11 is 0. The quantitative estimate of drug-likeness (QED) is 0.164. The second kappa shape index (κ2) is 17.5. The van der Waals surface area contributed by atoms with E-state index < -0.39 is 53.6 Å². The Morgan fingerprint density at radius 2 is 1.45 bits per heavy atom. The van der Waals surface area contributed by atoms with Gasteiger partial charge in [-0.3, -0.25) is 14.4 Å². The van der Waals surface area contributed by atoms with Crippen LogP contribution in [-0.4, -0.2) is 60.2 Å². The molecule has 2 aromatic carbocycles. The summed E-state index contributed by atoms with van der Waals surface area (Å²) in [6.45, 7) is 7.11. The van der Waals surface area contributed by atoms with Gasteiger partial charge in [-0.05, 0) is 70.2 Å². The summed E-state index contributed by atoms with van der Waals surface area (Å²) in [4.78, 5) is 62.1. The van der Waals surface area contributed by atoms with Crippen LogP contribution in [0.1, 0.15) is 58.1 Å². The molecule has 0 aromatic heterocycles. The number of alkyl carbamates (subject to hydrolysis) is 1. The largest absolute Gasteiger partial charge is 0.445 e. The molecule has 2 rings (SSSR count). The molecule has 44 heavy (non-hydrogen) atoms. The summed E-state index contributed by atoms with van der Waals surface area (Å²) in [6.07, 6.45) is -0.00987. The molecule has 5 amide bonds. The number of hydrogen-bond acceptors (Lipinski definition) is 8. The van der Waals surface area contributed by atoms with Crippen molar-refractivity contribution >= 4 is 35.6 Å². The average molecular weight is 613 g/mol. The smallest absolute Gasteiger partial charge is 0.407 e. The minimum atomic E-state index is -0.982. The number of unbranched alkanes of at least 4 members (excludes halogenated alkanes) is 1. The first kappa shape index (κ1) is 35.5. The van der Waals surface area contributed by atoms with Gasteiger partial charge in [-0.2, -0.15) is 0 Å². The van der Waals surface area contributed by atoms with Crippen molar-refractivity contribution in [2.75, 3.05) is 11.9 Å². The molecule has 0 heterocycles. The first-order valence-corrected chi connectivity index (χ1v) is 14.4. The SMILES string of the molecule is C[C@@H](N)C(=O)N[C@@H](Cc1ccccc1)C(=O)N[C@@H](CCCCNC(=O)OC(C)(C)C)C(=O)Nc1ccc(COC(N)=O)cc1. The fourth-order valence-electron chi connectivity index (χ4n) is 3.95. The normalized spacial score (nSPS) is 13.0. The van der Waals surface area contributed by atoms with E-state index in [1.807, 2.05) is 30.3 Å². The lowest BCUT2D eigenvalue weighted by Crippen LogP contribution is -2.55. The molecule has 13 heteroatoms. The number of nitrogens with one attached hydrogen (secondary N) is 4. The molecule has 0 aliphatic heterocycles. The highest BCUT2D eigenvalue weighted by molar-refractivity contribution is 5.98. The fourth-order valence-corrected chi connectivity index (χ4v) is 3.95. The van der Waals surface area contributed by atoms with Crippen molar-refractivity contribution in [1.29, 1.82) is 0 Å². The number of anilines is 1. The van der Waals surface area contributed by atoms with Crippen LogP contribution in [0.5, 0.6) is 0 Å². The van der Waals surface area contributed by atoms with Gasteiger partial charge in [0.2, 0.25) is 17.7 Å². The van der Waals surface area contributed by atoms with Gasteiger partial charge in [0.1, 0.15) is 24.3 Å². The lowest BCUT2D eigenvalue weighted by Gasteiger charge is -2.24. The van der Waals surface area contributed by atoms with Gasteiger partial charge >= 0.3 is 12.2 Å². The molecule has 13 nitrogen and oxygen atoms in total. The number of primary amides is 1. The number of carbonyl (C=O) groups is 5. The summed E-state index contributed by atoms with van der Waals surface area (Å²) in [5.41, 5.74) is 12.0. The van der Waals surface area contributed by atoms with Crippen molar-refractivity contribution in [2.24, 2.45) is 11.5 Å².